The van der Waals surface area contributed by atoms with E-state index in [1.54, 1.807) is 0 Å². The third-order valence-electron chi connectivity index (χ3n) is 5.94. The molecule has 1 saturated carbocycles. The summed E-state index contributed by atoms with van der Waals surface area (Å²) in [5.41, 5.74) is 1.36. The molecular weight excluding hydrogens is 268 g/mol. The monoisotopic (exact) mass is 306 g/mol. The van der Waals surface area contributed by atoms with E-state index in [1.165, 1.54) is 89.0 Å². The molecule has 22 heavy (non-hydrogen) atoms. The molecule has 0 spiro atoms. The summed E-state index contributed by atoms with van der Waals surface area (Å²) in [5.74, 6) is 1.47. The lowest BCUT2D eigenvalue weighted by Crippen LogP contribution is -2.23. The molecule has 1 saturated heterocycles. The van der Waals surface area contributed by atoms with Crippen LogP contribution in [0.15, 0.2) is 12.2 Å². The Morgan fingerprint density at radius 2 is 1.68 bits per heavy atom. The van der Waals surface area contributed by atoms with Crippen LogP contribution in [0.2, 0.25) is 0 Å². The molecule has 1 aliphatic heterocycles. The maximum atomic E-state index is 6.54. The van der Waals surface area contributed by atoms with Gasteiger partial charge in [-0.2, -0.15) is 0 Å². The van der Waals surface area contributed by atoms with Gasteiger partial charge in [0.1, 0.15) is 0 Å². The predicted octanol–water partition coefficient (Wildman–Crippen LogP) is 6.67. The fraction of sp³-hybridized carbons (Fsp3) is 0.905. The summed E-state index contributed by atoms with van der Waals surface area (Å²) in [6.07, 6.45) is 18.9. The minimum Gasteiger partial charge on any atom is -0.374 e. The van der Waals surface area contributed by atoms with Crippen LogP contribution in [-0.4, -0.2) is 12.2 Å². The summed E-state index contributed by atoms with van der Waals surface area (Å²) in [7, 11) is 0. The number of hydrogen-bond donors (Lipinski definition) is 0. The molecule has 0 radical (unpaired) electrons. The van der Waals surface area contributed by atoms with Crippen molar-refractivity contribution in [2.24, 2.45) is 11.8 Å². The molecule has 0 aromatic carbocycles. The van der Waals surface area contributed by atoms with Crippen LogP contribution in [0, 0.1) is 11.8 Å². The third kappa shape index (κ3) is 5.41. The van der Waals surface area contributed by atoms with Gasteiger partial charge in [-0.15, -0.1) is 0 Å². The maximum Gasteiger partial charge on any atom is 0.0645 e. The van der Waals surface area contributed by atoms with E-state index in [4.69, 9.17) is 4.74 Å². The quantitative estimate of drug-likeness (QED) is 0.341. The molecule has 1 nitrogen and oxygen atoms in total. The van der Waals surface area contributed by atoms with Crippen LogP contribution in [0.25, 0.3) is 0 Å². The minimum absolute atomic E-state index is 0.468. The first kappa shape index (κ1) is 18.0. The van der Waals surface area contributed by atoms with Gasteiger partial charge in [0.2, 0.25) is 0 Å². The van der Waals surface area contributed by atoms with Crippen LogP contribution in [0.5, 0.6) is 0 Å². The third-order valence-corrected chi connectivity index (χ3v) is 5.94. The van der Waals surface area contributed by atoms with Crippen molar-refractivity contribution in [2.45, 2.75) is 110 Å². The van der Waals surface area contributed by atoms with Crippen molar-refractivity contribution in [3.8, 4) is 0 Å². The highest BCUT2D eigenvalue weighted by atomic mass is 16.5. The normalized spacial score (nSPS) is 29.8. The van der Waals surface area contributed by atoms with Gasteiger partial charge < -0.3 is 4.74 Å². The van der Waals surface area contributed by atoms with Gasteiger partial charge in [-0.05, 0) is 38.5 Å². The van der Waals surface area contributed by atoms with Gasteiger partial charge in [-0.1, -0.05) is 76.9 Å². The molecule has 1 heterocycles. The first-order chi connectivity index (χ1) is 10.7. The van der Waals surface area contributed by atoms with E-state index in [0.717, 1.165) is 5.92 Å². The first-order valence-corrected chi connectivity index (χ1v) is 10.0. The highest BCUT2D eigenvalue weighted by Gasteiger charge is 2.38. The molecular formula is C21H38O. The number of rotatable bonds is 9. The number of ether oxygens (including phenoxy) is 1. The van der Waals surface area contributed by atoms with Gasteiger partial charge in [0.15, 0.2) is 0 Å². The molecule has 0 amide bonds. The first-order valence-electron chi connectivity index (χ1n) is 10.0. The van der Waals surface area contributed by atoms with Crippen molar-refractivity contribution in [3.05, 3.63) is 12.2 Å². The fourth-order valence-electron chi connectivity index (χ4n) is 4.50. The molecule has 3 atom stereocenters. The zero-order valence-electron chi connectivity index (χ0n) is 15.1. The molecule has 128 valence electrons. The van der Waals surface area contributed by atoms with Crippen LogP contribution >= 0.6 is 0 Å². The Labute approximate surface area is 138 Å². The fourth-order valence-corrected chi connectivity index (χ4v) is 4.50. The predicted molar refractivity (Wildman–Crippen MR) is 96.2 cm³/mol. The van der Waals surface area contributed by atoms with Crippen molar-refractivity contribution >= 4 is 0 Å². The largest absolute Gasteiger partial charge is 0.374 e. The van der Waals surface area contributed by atoms with Crippen molar-refractivity contribution < 1.29 is 4.74 Å². The second kappa shape index (κ2) is 9.75. The van der Waals surface area contributed by atoms with Gasteiger partial charge >= 0.3 is 0 Å². The zero-order valence-corrected chi connectivity index (χ0v) is 15.1. The SMILES string of the molecule is C=C(C)[C@H]1C[C@H](C2CCCCC2)O[C@@H]1CCCCCCCC. The molecule has 2 rings (SSSR count). The average Bonchev–Trinajstić information content (AvgIpc) is 2.96. The second-order valence-electron chi connectivity index (χ2n) is 7.86. The lowest BCUT2D eigenvalue weighted by atomic mass is 9.81. The Kier molecular flexibility index (Phi) is 8.00. The summed E-state index contributed by atoms with van der Waals surface area (Å²) in [6, 6.07) is 0. The van der Waals surface area contributed by atoms with E-state index in [0.29, 0.717) is 18.1 Å². The highest BCUT2D eigenvalue weighted by molar-refractivity contribution is 5.04. The highest BCUT2D eigenvalue weighted by Crippen LogP contribution is 2.41. The summed E-state index contributed by atoms with van der Waals surface area (Å²) in [6.45, 7) is 8.76. The molecule has 2 aliphatic rings. The molecule has 0 bridgehead atoms. The summed E-state index contributed by atoms with van der Waals surface area (Å²) in [5, 5.41) is 0. The molecule has 2 fully saturated rings. The van der Waals surface area contributed by atoms with Crippen LogP contribution in [0.4, 0.5) is 0 Å². The van der Waals surface area contributed by atoms with E-state index >= 15 is 0 Å². The van der Waals surface area contributed by atoms with E-state index in [2.05, 4.69) is 20.4 Å². The Balaban J connectivity index is 1.74. The summed E-state index contributed by atoms with van der Waals surface area (Å²) >= 11 is 0. The van der Waals surface area contributed by atoms with Crippen molar-refractivity contribution in [2.75, 3.05) is 0 Å². The van der Waals surface area contributed by atoms with Gasteiger partial charge in [0.25, 0.3) is 0 Å². The lowest BCUT2D eigenvalue weighted by Gasteiger charge is -2.27. The molecule has 0 aromatic heterocycles. The van der Waals surface area contributed by atoms with Crippen LogP contribution in [0.3, 0.4) is 0 Å². The molecule has 0 N–H and O–H groups in total. The van der Waals surface area contributed by atoms with Gasteiger partial charge in [-0.3, -0.25) is 0 Å². The van der Waals surface area contributed by atoms with E-state index in [-0.39, 0.29) is 0 Å². The minimum atomic E-state index is 0.468. The van der Waals surface area contributed by atoms with E-state index in [1.807, 2.05) is 0 Å². The Bertz CT molecular complexity index is 316. The van der Waals surface area contributed by atoms with Crippen LogP contribution in [0.1, 0.15) is 97.3 Å². The summed E-state index contributed by atoms with van der Waals surface area (Å²) < 4.78 is 6.54. The summed E-state index contributed by atoms with van der Waals surface area (Å²) in [4.78, 5) is 0. The molecule has 1 aliphatic carbocycles. The van der Waals surface area contributed by atoms with Crippen LogP contribution < -0.4 is 0 Å². The number of hydrogen-bond acceptors (Lipinski definition) is 1. The Morgan fingerprint density at radius 3 is 2.36 bits per heavy atom. The lowest BCUT2D eigenvalue weighted by molar-refractivity contribution is -0.00791. The zero-order chi connectivity index (χ0) is 15.8. The molecule has 0 unspecified atom stereocenters. The van der Waals surface area contributed by atoms with Crippen molar-refractivity contribution in [3.63, 3.8) is 0 Å². The van der Waals surface area contributed by atoms with Crippen molar-refractivity contribution in [1.82, 2.24) is 0 Å². The Morgan fingerprint density at radius 1 is 1.00 bits per heavy atom. The van der Waals surface area contributed by atoms with Gasteiger partial charge in [-0.25, -0.2) is 0 Å². The van der Waals surface area contributed by atoms with Crippen LogP contribution in [-0.2, 0) is 4.74 Å². The standard InChI is InChI=1S/C21H38O/c1-4-5-6-7-8-12-15-20-19(17(2)3)16-21(22-20)18-13-10-9-11-14-18/h18-21H,2,4-16H2,1,3H3/t19-,20-,21-/m1/s1. The van der Waals surface area contributed by atoms with E-state index < -0.39 is 0 Å². The molecule has 0 aromatic rings. The van der Waals surface area contributed by atoms with Gasteiger partial charge in [0, 0.05) is 5.92 Å². The van der Waals surface area contributed by atoms with E-state index in [9.17, 15) is 0 Å². The second-order valence-corrected chi connectivity index (χ2v) is 7.86. The Hall–Kier alpha value is -0.300. The average molecular weight is 307 g/mol. The topological polar surface area (TPSA) is 9.23 Å². The van der Waals surface area contributed by atoms with Crippen molar-refractivity contribution in [1.29, 1.82) is 0 Å². The maximum absolute atomic E-state index is 6.54. The van der Waals surface area contributed by atoms with Gasteiger partial charge in [0.05, 0.1) is 12.2 Å². The number of unbranched alkanes of at least 4 members (excludes halogenated alkanes) is 5. The smallest absolute Gasteiger partial charge is 0.0645 e. The molecule has 1 heteroatoms.